The van der Waals surface area contributed by atoms with Crippen LogP contribution < -0.4 is 0 Å². The van der Waals surface area contributed by atoms with E-state index in [0.717, 1.165) is 42.6 Å². The van der Waals surface area contributed by atoms with Crippen molar-refractivity contribution in [3.8, 4) is 6.07 Å². The van der Waals surface area contributed by atoms with E-state index in [0.29, 0.717) is 6.42 Å². The first-order chi connectivity index (χ1) is 14.7. The highest BCUT2D eigenvalue weighted by molar-refractivity contribution is 5.71. The standard InChI is InChI=1S/C27H37NO2/c1-2-3-27(29)30-26-18-16-24(17-19-26)11-10-22-6-4-21(5-7-22)8-9-23-12-14-25(20-28)15-13-23/h2,12-15,21-22,24,26H,1,3-11,16-19H2/t21-,22-,24-,26-. The molecule has 2 saturated carbocycles. The molecule has 0 aromatic heterocycles. The molecule has 1 aromatic carbocycles. The quantitative estimate of drug-likeness (QED) is 0.336. The summed E-state index contributed by atoms with van der Waals surface area (Å²) in [5.74, 6) is 2.50. The molecule has 0 saturated heterocycles. The first kappa shape index (κ1) is 22.6. The van der Waals surface area contributed by atoms with Crippen molar-refractivity contribution in [2.24, 2.45) is 17.8 Å². The number of carbonyl (C=O) groups excluding carboxylic acids is 1. The molecule has 0 unspecified atom stereocenters. The van der Waals surface area contributed by atoms with Crippen LogP contribution in [-0.4, -0.2) is 12.1 Å². The van der Waals surface area contributed by atoms with Gasteiger partial charge in [0.15, 0.2) is 0 Å². The summed E-state index contributed by atoms with van der Waals surface area (Å²) < 4.78 is 5.53. The number of hydrogen-bond acceptors (Lipinski definition) is 3. The lowest BCUT2D eigenvalue weighted by atomic mass is 9.75. The highest BCUT2D eigenvalue weighted by Crippen LogP contribution is 2.37. The molecule has 0 N–H and O–H groups in total. The largest absolute Gasteiger partial charge is 0.462 e. The third-order valence-corrected chi connectivity index (χ3v) is 7.28. The van der Waals surface area contributed by atoms with Gasteiger partial charge in [0.1, 0.15) is 6.10 Å². The van der Waals surface area contributed by atoms with Gasteiger partial charge in [-0.15, -0.1) is 6.58 Å². The van der Waals surface area contributed by atoms with E-state index in [-0.39, 0.29) is 12.1 Å². The van der Waals surface area contributed by atoms with Gasteiger partial charge in [0.2, 0.25) is 0 Å². The summed E-state index contributed by atoms with van der Waals surface area (Å²) in [5, 5.41) is 8.90. The van der Waals surface area contributed by atoms with Gasteiger partial charge in [0, 0.05) is 0 Å². The maximum atomic E-state index is 11.6. The molecule has 2 fully saturated rings. The van der Waals surface area contributed by atoms with E-state index < -0.39 is 0 Å². The average molecular weight is 408 g/mol. The van der Waals surface area contributed by atoms with Gasteiger partial charge in [0.05, 0.1) is 18.1 Å². The number of nitrogens with zero attached hydrogens (tertiary/aromatic N) is 1. The van der Waals surface area contributed by atoms with Crippen LogP contribution >= 0.6 is 0 Å². The van der Waals surface area contributed by atoms with Crippen LogP contribution in [0.15, 0.2) is 36.9 Å². The van der Waals surface area contributed by atoms with Crippen LogP contribution in [0.3, 0.4) is 0 Å². The maximum absolute atomic E-state index is 11.6. The molecule has 0 spiro atoms. The van der Waals surface area contributed by atoms with Crippen molar-refractivity contribution < 1.29 is 9.53 Å². The van der Waals surface area contributed by atoms with Crippen LogP contribution in [0.5, 0.6) is 0 Å². The SMILES string of the molecule is C=CCC(=O)O[C@H]1CC[C@H](CC[C@H]2CC[C@H](CCc3ccc(C#N)cc3)CC2)CC1. The van der Waals surface area contributed by atoms with E-state index in [1.807, 2.05) is 12.1 Å². The van der Waals surface area contributed by atoms with Crippen LogP contribution in [0.2, 0.25) is 0 Å². The smallest absolute Gasteiger partial charge is 0.309 e. The molecule has 2 aliphatic rings. The van der Waals surface area contributed by atoms with Crippen LogP contribution in [0.1, 0.15) is 88.2 Å². The van der Waals surface area contributed by atoms with E-state index >= 15 is 0 Å². The molecule has 162 valence electrons. The van der Waals surface area contributed by atoms with Gasteiger partial charge in [-0.05, 0) is 74.0 Å². The Kier molecular flexibility index (Phi) is 9.00. The molecule has 1 aromatic rings. The Morgan fingerprint density at radius 3 is 2.00 bits per heavy atom. The molecule has 3 heteroatoms. The van der Waals surface area contributed by atoms with E-state index in [2.05, 4.69) is 24.8 Å². The number of benzene rings is 1. The summed E-state index contributed by atoms with van der Waals surface area (Å²) in [5.41, 5.74) is 2.11. The van der Waals surface area contributed by atoms with Gasteiger partial charge in [-0.1, -0.05) is 56.7 Å². The second kappa shape index (κ2) is 11.9. The number of hydrogen-bond donors (Lipinski definition) is 0. The Hall–Kier alpha value is -2.08. The molecule has 0 atom stereocenters. The molecule has 0 bridgehead atoms. The van der Waals surface area contributed by atoms with Crippen molar-refractivity contribution in [3.63, 3.8) is 0 Å². The molecule has 30 heavy (non-hydrogen) atoms. The fourth-order valence-electron chi connectivity index (χ4n) is 5.29. The molecule has 0 amide bonds. The Bertz CT molecular complexity index is 701. The topological polar surface area (TPSA) is 50.1 Å². The van der Waals surface area contributed by atoms with Crippen LogP contribution in [-0.2, 0) is 16.0 Å². The van der Waals surface area contributed by atoms with Gasteiger partial charge in [-0.3, -0.25) is 4.79 Å². The zero-order valence-corrected chi connectivity index (χ0v) is 18.4. The number of carbonyl (C=O) groups is 1. The van der Waals surface area contributed by atoms with Gasteiger partial charge in [-0.25, -0.2) is 0 Å². The molecule has 2 aliphatic carbocycles. The van der Waals surface area contributed by atoms with E-state index in [1.54, 1.807) is 6.08 Å². The first-order valence-corrected chi connectivity index (χ1v) is 12.0. The minimum Gasteiger partial charge on any atom is -0.462 e. The van der Waals surface area contributed by atoms with Crippen LogP contribution in [0.25, 0.3) is 0 Å². The normalized spacial score (nSPS) is 26.5. The minimum atomic E-state index is -0.121. The number of ether oxygens (including phenoxy) is 1. The number of esters is 1. The fourth-order valence-corrected chi connectivity index (χ4v) is 5.29. The van der Waals surface area contributed by atoms with Crippen LogP contribution in [0, 0.1) is 29.1 Å². The van der Waals surface area contributed by atoms with Crippen molar-refractivity contribution in [3.05, 3.63) is 48.0 Å². The van der Waals surface area contributed by atoms with E-state index in [9.17, 15) is 4.79 Å². The predicted octanol–water partition coefficient (Wildman–Crippen LogP) is 6.76. The van der Waals surface area contributed by atoms with Crippen molar-refractivity contribution in [2.75, 3.05) is 0 Å². The highest BCUT2D eigenvalue weighted by atomic mass is 16.5. The van der Waals surface area contributed by atoms with Gasteiger partial charge < -0.3 is 4.74 Å². The zero-order chi connectivity index (χ0) is 21.2. The lowest BCUT2D eigenvalue weighted by Crippen LogP contribution is -2.24. The van der Waals surface area contributed by atoms with E-state index in [4.69, 9.17) is 10.00 Å². The third kappa shape index (κ3) is 7.31. The van der Waals surface area contributed by atoms with Gasteiger partial charge in [0.25, 0.3) is 0 Å². The summed E-state index contributed by atoms with van der Waals surface area (Å²) in [6.07, 6.45) is 17.3. The zero-order valence-electron chi connectivity index (χ0n) is 18.4. The van der Waals surface area contributed by atoms with Crippen molar-refractivity contribution in [1.82, 2.24) is 0 Å². The molecule has 3 nitrogen and oxygen atoms in total. The van der Waals surface area contributed by atoms with E-state index in [1.165, 1.54) is 63.4 Å². The Balaban J connectivity index is 1.27. The molecule has 0 aliphatic heterocycles. The number of rotatable bonds is 9. The van der Waals surface area contributed by atoms with Gasteiger partial charge in [-0.2, -0.15) is 5.26 Å². The molecular weight excluding hydrogens is 370 g/mol. The lowest BCUT2D eigenvalue weighted by Gasteiger charge is -2.32. The monoisotopic (exact) mass is 407 g/mol. The summed E-state index contributed by atoms with van der Waals surface area (Å²) >= 11 is 0. The summed E-state index contributed by atoms with van der Waals surface area (Å²) in [7, 11) is 0. The van der Waals surface area contributed by atoms with Crippen molar-refractivity contribution in [2.45, 2.75) is 89.6 Å². The lowest BCUT2D eigenvalue weighted by molar-refractivity contribution is -0.149. The summed E-state index contributed by atoms with van der Waals surface area (Å²) in [6, 6.07) is 10.3. The number of aryl methyl sites for hydroxylation is 1. The number of nitriles is 1. The van der Waals surface area contributed by atoms with Gasteiger partial charge >= 0.3 is 5.97 Å². The van der Waals surface area contributed by atoms with Crippen molar-refractivity contribution in [1.29, 1.82) is 5.26 Å². The second-order valence-corrected chi connectivity index (χ2v) is 9.44. The second-order valence-electron chi connectivity index (χ2n) is 9.44. The Morgan fingerprint density at radius 2 is 1.47 bits per heavy atom. The first-order valence-electron chi connectivity index (χ1n) is 12.0. The fraction of sp³-hybridized carbons (Fsp3) is 0.630. The highest BCUT2D eigenvalue weighted by Gasteiger charge is 2.26. The van der Waals surface area contributed by atoms with Crippen LogP contribution in [0.4, 0.5) is 0 Å². The molecule has 3 rings (SSSR count). The Labute approximate surface area is 182 Å². The minimum absolute atomic E-state index is 0.121. The summed E-state index contributed by atoms with van der Waals surface area (Å²) in [6.45, 7) is 3.60. The average Bonchev–Trinajstić information content (AvgIpc) is 2.78. The van der Waals surface area contributed by atoms with Crippen molar-refractivity contribution >= 4 is 5.97 Å². The molecular formula is C27H37NO2. The third-order valence-electron chi connectivity index (χ3n) is 7.28. The Morgan fingerprint density at radius 1 is 0.933 bits per heavy atom. The molecule has 0 radical (unpaired) electrons. The maximum Gasteiger partial charge on any atom is 0.309 e. The predicted molar refractivity (Wildman–Crippen MR) is 121 cm³/mol. The summed E-state index contributed by atoms with van der Waals surface area (Å²) in [4.78, 5) is 11.6. The molecule has 0 heterocycles.